The molecule has 1 saturated heterocycles. The number of halogens is 1. The van der Waals surface area contributed by atoms with Crippen molar-refractivity contribution in [3.05, 3.63) is 95.2 Å². The molecule has 1 amide bonds. The molecule has 4 heterocycles. The predicted molar refractivity (Wildman–Crippen MR) is 121 cm³/mol. The van der Waals surface area contributed by atoms with Crippen molar-refractivity contribution in [1.82, 2.24) is 29.8 Å². The summed E-state index contributed by atoms with van der Waals surface area (Å²) in [6.45, 7) is 2.57. The average molecular weight is 442 g/mol. The number of imidazole rings is 1. The number of nitrogens with one attached hydrogen (secondary N) is 1. The number of aromatic nitrogens is 5. The summed E-state index contributed by atoms with van der Waals surface area (Å²) in [6.07, 6.45) is 8.76. The molecule has 8 heteroatoms. The summed E-state index contributed by atoms with van der Waals surface area (Å²) in [5, 5.41) is 0. The molecule has 7 nitrogen and oxygen atoms in total. The van der Waals surface area contributed by atoms with E-state index in [4.69, 9.17) is 4.98 Å². The SMILES string of the molecule is Cc1cnc(-c2cncc(C3CCCN3C(=O)c3ccnc(Cc4ccccc4F)c3)n2)[nH]1. The molecular weight excluding hydrogens is 419 g/mol. The van der Waals surface area contributed by atoms with Gasteiger partial charge in [-0.15, -0.1) is 0 Å². The Morgan fingerprint density at radius 3 is 2.88 bits per heavy atom. The molecule has 0 saturated carbocycles. The number of rotatable bonds is 5. The van der Waals surface area contributed by atoms with Crippen LogP contribution in [0.3, 0.4) is 0 Å². The molecule has 1 fully saturated rings. The number of likely N-dealkylation sites (tertiary alicyclic amines) is 1. The third-order valence-electron chi connectivity index (χ3n) is 5.85. The van der Waals surface area contributed by atoms with Crippen molar-refractivity contribution in [3.8, 4) is 11.5 Å². The summed E-state index contributed by atoms with van der Waals surface area (Å²) in [5.41, 5.74) is 4.07. The van der Waals surface area contributed by atoms with Gasteiger partial charge in [0.05, 0.1) is 24.1 Å². The van der Waals surface area contributed by atoms with Crippen LogP contribution in [-0.4, -0.2) is 42.3 Å². The summed E-state index contributed by atoms with van der Waals surface area (Å²) < 4.78 is 14.1. The normalized spacial score (nSPS) is 15.7. The van der Waals surface area contributed by atoms with Crippen LogP contribution in [0, 0.1) is 12.7 Å². The Hall–Kier alpha value is -3.94. The fourth-order valence-electron chi connectivity index (χ4n) is 4.23. The molecule has 4 aromatic rings. The topological polar surface area (TPSA) is 87.7 Å². The van der Waals surface area contributed by atoms with Gasteiger partial charge in [0.25, 0.3) is 5.91 Å². The number of pyridine rings is 1. The summed E-state index contributed by atoms with van der Waals surface area (Å²) in [4.78, 5) is 36.2. The summed E-state index contributed by atoms with van der Waals surface area (Å²) >= 11 is 0. The first-order valence-electron chi connectivity index (χ1n) is 10.9. The van der Waals surface area contributed by atoms with E-state index < -0.39 is 0 Å². The number of H-pyrrole nitrogens is 1. The zero-order chi connectivity index (χ0) is 22.8. The minimum atomic E-state index is -0.277. The minimum absolute atomic E-state index is 0.0873. The molecular formula is C25H23FN6O. The van der Waals surface area contributed by atoms with Crippen LogP contribution in [0.1, 0.15) is 51.9 Å². The Morgan fingerprint density at radius 2 is 2.06 bits per heavy atom. The minimum Gasteiger partial charge on any atom is -0.341 e. The Bertz CT molecular complexity index is 1300. The van der Waals surface area contributed by atoms with Gasteiger partial charge in [0, 0.05) is 42.3 Å². The van der Waals surface area contributed by atoms with Crippen LogP contribution in [0.4, 0.5) is 4.39 Å². The highest BCUT2D eigenvalue weighted by atomic mass is 19.1. The summed E-state index contributed by atoms with van der Waals surface area (Å²) in [6, 6.07) is 9.90. The number of nitrogens with zero attached hydrogens (tertiary/aromatic N) is 5. The Kier molecular flexibility index (Phi) is 5.64. The van der Waals surface area contributed by atoms with Crippen molar-refractivity contribution in [2.24, 2.45) is 0 Å². The second kappa shape index (κ2) is 8.90. The Labute approximate surface area is 190 Å². The van der Waals surface area contributed by atoms with Crippen LogP contribution in [0.5, 0.6) is 0 Å². The number of benzene rings is 1. The Balaban J connectivity index is 1.38. The lowest BCUT2D eigenvalue weighted by Crippen LogP contribution is -2.31. The predicted octanol–water partition coefficient (Wildman–Crippen LogP) is 4.28. The number of carbonyl (C=O) groups is 1. The monoisotopic (exact) mass is 442 g/mol. The first-order chi connectivity index (χ1) is 16.1. The van der Waals surface area contributed by atoms with E-state index in [-0.39, 0.29) is 17.8 Å². The van der Waals surface area contributed by atoms with Gasteiger partial charge in [-0.2, -0.15) is 0 Å². The van der Waals surface area contributed by atoms with Gasteiger partial charge in [-0.25, -0.2) is 14.4 Å². The number of amides is 1. The van der Waals surface area contributed by atoms with Crippen molar-refractivity contribution >= 4 is 5.91 Å². The lowest BCUT2D eigenvalue weighted by Gasteiger charge is -2.24. The van der Waals surface area contributed by atoms with E-state index in [0.29, 0.717) is 41.3 Å². The zero-order valence-corrected chi connectivity index (χ0v) is 18.2. The molecule has 1 aromatic carbocycles. The van der Waals surface area contributed by atoms with Crippen LogP contribution >= 0.6 is 0 Å². The highest BCUT2D eigenvalue weighted by Crippen LogP contribution is 2.32. The van der Waals surface area contributed by atoms with Gasteiger partial charge in [0.15, 0.2) is 5.82 Å². The van der Waals surface area contributed by atoms with Crippen molar-refractivity contribution in [1.29, 1.82) is 0 Å². The van der Waals surface area contributed by atoms with Crippen LogP contribution in [0.15, 0.2) is 61.2 Å². The third-order valence-corrected chi connectivity index (χ3v) is 5.85. The van der Waals surface area contributed by atoms with E-state index >= 15 is 0 Å². The molecule has 1 unspecified atom stereocenters. The highest BCUT2D eigenvalue weighted by molar-refractivity contribution is 5.94. The molecule has 1 N–H and O–H groups in total. The van der Waals surface area contributed by atoms with Gasteiger partial charge in [-0.1, -0.05) is 18.2 Å². The first kappa shape index (κ1) is 20.9. The quantitative estimate of drug-likeness (QED) is 0.499. The largest absolute Gasteiger partial charge is 0.341 e. The molecule has 5 rings (SSSR count). The van der Waals surface area contributed by atoms with E-state index in [0.717, 1.165) is 24.2 Å². The molecule has 33 heavy (non-hydrogen) atoms. The van der Waals surface area contributed by atoms with E-state index in [1.807, 2.05) is 11.8 Å². The van der Waals surface area contributed by atoms with Crippen molar-refractivity contribution in [2.45, 2.75) is 32.2 Å². The van der Waals surface area contributed by atoms with Gasteiger partial charge >= 0.3 is 0 Å². The van der Waals surface area contributed by atoms with Crippen LogP contribution in [-0.2, 0) is 6.42 Å². The molecule has 0 bridgehead atoms. The van der Waals surface area contributed by atoms with Gasteiger partial charge in [-0.3, -0.25) is 14.8 Å². The molecule has 1 atom stereocenters. The first-order valence-corrected chi connectivity index (χ1v) is 10.9. The van der Waals surface area contributed by atoms with E-state index in [1.54, 1.807) is 55.1 Å². The Morgan fingerprint density at radius 1 is 1.18 bits per heavy atom. The molecule has 1 aliphatic heterocycles. The standard InChI is InChI=1S/C25H23FN6O/c1-16-13-29-24(30-16)22-15-27-14-21(31-22)23-7-4-10-32(23)25(33)18-8-9-28-19(12-18)11-17-5-2-3-6-20(17)26/h2-3,5-6,8-9,12-15,23H,4,7,10-11H2,1H3,(H,29,30). The van der Waals surface area contributed by atoms with Crippen molar-refractivity contribution in [2.75, 3.05) is 6.54 Å². The van der Waals surface area contributed by atoms with Crippen LogP contribution < -0.4 is 0 Å². The summed E-state index contributed by atoms with van der Waals surface area (Å²) in [7, 11) is 0. The molecule has 0 radical (unpaired) electrons. The van der Waals surface area contributed by atoms with Crippen molar-refractivity contribution in [3.63, 3.8) is 0 Å². The van der Waals surface area contributed by atoms with E-state index in [1.165, 1.54) is 6.07 Å². The maximum atomic E-state index is 14.1. The number of hydrogen-bond donors (Lipinski definition) is 1. The summed E-state index contributed by atoms with van der Waals surface area (Å²) in [5.74, 6) is 0.293. The van der Waals surface area contributed by atoms with Gasteiger partial charge < -0.3 is 9.88 Å². The van der Waals surface area contributed by atoms with E-state index in [9.17, 15) is 9.18 Å². The van der Waals surface area contributed by atoms with E-state index in [2.05, 4.69) is 19.9 Å². The number of carbonyl (C=O) groups excluding carboxylic acids is 1. The maximum absolute atomic E-state index is 14.1. The lowest BCUT2D eigenvalue weighted by atomic mass is 10.1. The second-order valence-electron chi connectivity index (χ2n) is 8.20. The number of hydrogen-bond acceptors (Lipinski definition) is 5. The smallest absolute Gasteiger partial charge is 0.254 e. The zero-order valence-electron chi connectivity index (χ0n) is 18.2. The van der Waals surface area contributed by atoms with Gasteiger partial charge in [0.1, 0.15) is 11.5 Å². The molecule has 0 aliphatic carbocycles. The molecule has 1 aliphatic rings. The van der Waals surface area contributed by atoms with Gasteiger partial charge in [-0.05, 0) is 43.5 Å². The average Bonchev–Trinajstić information content (AvgIpc) is 3.50. The number of aromatic amines is 1. The highest BCUT2D eigenvalue weighted by Gasteiger charge is 2.32. The van der Waals surface area contributed by atoms with Gasteiger partial charge in [0.2, 0.25) is 0 Å². The maximum Gasteiger partial charge on any atom is 0.254 e. The fraction of sp³-hybridized carbons (Fsp3) is 0.240. The number of aryl methyl sites for hydroxylation is 1. The van der Waals surface area contributed by atoms with Crippen molar-refractivity contribution < 1.29 is 9.18 Å². The van der Waals surface area contributed by atoms with Crippen LogP contribution in [0.25, 0.3) is 11.5 Å². The third kappa shape index (κ3) is 4.37. The molecule has 166 valence electrons. The van der Waals surface area contributed by atoms with Crippen LogP contribution in [0.2, 0.25) is 0 Å². The fourth-order valence-corrected chi connectivity index (χ4v) is 4.23. The molecule has 0 spiro atoms. The second-order valence-corrected chi connectivity index (χ2v) is 8.20. The molecule has 3 aromatic heterocycles. The lowest BCUT2D eigenvalue weighted by molar-refractivity contribution is 0.0732.